The number of hydrogen-bond donors (Lipinski definition) is 6. The number of rotatable bonds is 14. The van der Waals surface area contributed by atoms with Gasteiger partial charge in [0.05, 0.1) is 6.42 Å². The van der Waals surface area contributed by atoms with Crippen molar-refractivity contribution in [3.05, 3.63) is 71.3 Å². The van der Waals surface area contributed by atoms with Crippen LogP contribution in [0.4, 0.5) is 0 Å². The summed E-state index contributed by atoms with van der Waals surface area (Å²) >= 11 is 0. The van der Waals surface area contributed by atoms with Gasteiger partial charge in [0, 0.05) is 18.4 Å². The molecule has 2 rings (SSSR count). The smallest absolute Gasteiger partial charge is 0.328 e. The van der Waals surface area contributed by atoms with Gasteiger partial charge in [-0.1, -0.05) is 54.6 Å². The SMILES string of the molecule is N=C(N)c1ccc(CCCCC(=O)NC(CC(=O)O)C(=O)N(N)C(Cc2ccccc2)C(=O)O)cc1. The number of nitrogens with zero attached hydrogens (tertiary/aromatic N) is 1. The van der Waals surface area contributed by atoms with Crippen molar-refractivity contribution in [2.45, 2.75) is 50.6 Å². The summed E-state index contributed by atoms with van der Waals surface area (Å²) in [5.74, 6) is 1.56. The summed E-state index contributed by atoms with van der Waals surface area (Å²) in [6.07, 6.45) is 1.04. The summed E-state index contributed by atoms with van der Waals surface area (Å²) in [6.45, 7) is 0. The first-order valence-corrected chi connectivity index (χ1v) is 11.4. The van der Waals surface area contributed by atoms with Crippen LogP contribution in [0.25, 0.3) is 0 Å². The largest absolute Gasteiger partial charge is 0.481 e. The Hall–Kier alpha value is -4.25. The summed E-state index contributed by atoms with van der Waals surface area (Å²) < 4.78 is 0. The van der Waals surface area contributed by atoms with Crippen LogP contribution in [0, 0.1) is 5.41 Å². The summed E-state index contributed by atoms with van der Waals surface area (Å²) in [7, 11) is 0. The molecule has 36 heavy (non-hydrogen) atoms. The van der Waals surface area contributed by atoms with Gasteiger partial charge in [-0.05, 0) is 30.4 Å². The molecule has 2 amide bonds. The van der Waals surface area contributed by atoms with Crippen LogP contribution in [0.5, 0.6) is 0 Å². The van der Waals surface area contributed by atoms with Crippen LogP contribution < -0.4 is 16.9 Å². The second-order valence-corrected chi connectivity index (χ2v) is 8.32. The minimum absolute atomic E-state index is 0.0190. The first-order valence-electron chi connectivity index (χ1n) is 11.4. The molecule has 192 valence electrons. The second-order valence-electron chi connectivity index (χ2n) is 8.32. The van der Waals surface area contributed by atoms with Gasteiger partial charge in [0.2, 0.25) is 5.91 Å². The standard InChI is InChI=1S/C25H31N5O6/c26-23(27)18-12-10-16(11-13-18)6-4-5-9-21(31)29-19(15-22(32)33)24(34)30(28)20(25(35)36)14-17-7-2-1-3-8-17/h1-3,7-8,10-13,19-20H,4-6,9,14-15,28H2,(H3,26,27)(H,29,31)(H,32,33)(H,35,36). The van der Waals surface area contributed by atoms with Gasteiger partial charge in [-0.25, -0.2) is 10.6 Å². The molecular weight excluding hydrogens is 466 g/mol. The molecule has 0 spiro atoms. The van der Waals surface area contributed by atoms with Gasteiger partial charge in [0.1, 0.15) is 17.9 Å². The lowest BCUT2D eigenvalue weighted by Crippen LogP contribution is -2.58. The Morgan fingerprint density at radius 1 is 0.944 bits per heavy atom. The first kappa shape index (κ1) is 28.0. The highest BCUT2D eigenvalue weighted by Gasteiger charge is 2.34. The molecule has 2 unspecified atom stereocenters. The van der Waals surface area contributed by atoms with E-state index in [9.17, 15) is 29.4 Å². The van der Waals surface area contributed by atoms with Gasteiger partial charge in [-0.2, -0.15) is 0 Å². The molecule has 0 radical (unpaired) electrons. The summed E-state index contributed by atoms with van der Waals surface area (Å²) in [6, 6.07) is 12.8. The highest BCUT2D eigenvalue weighted by atomic mass is 16.4. The number of amides is 2. The van der Waals surface area contributed by atoms with E-state index in [2.05, 4.69) is 5.32 Å². The molecule has 0 bridgehead atoms. The summed E-state index contributed by atoms with van der Waals surface area (Å²) in [5.41, 5.74) is 7.69. The van der Waals surface area contributed by atoms with Gasteiger partial charge >= 0.3 is 11.9 Å². The molecule has 0 saturated heterocycles. The number of carbonyl (C=O) groups is 4. The third-order valence-electron chi connectivity index (χ3n) is 5.54. The van der Waals surface area contributed by atoms with Crippen LogP contribution in [0.3, 0.4) is 0 Å². The van der Waals surface area contributed by atoms with Crippen molar-refractivity contribution in [3.8, 4) is 0 Å². The monoisotopic (exact) mass is 497 g/mol. The molecule has 8 N–H and O–H groups in total. The minimum Gasteiger partial charge on any atom is -0.481 e. The molecule has 2 atom stereocenters. The third kappa shape index (κ3) is 8.84. The van der Waals surface area contributed by atoms with Crippen LogP contribution in [-0.4, -0.2) is 56.9 Å². The first-order chi connectivity index (χ1) is 17.1. The number of aliphatic carboxylic acids is 2. The Morgan fingerprint density at radius 2 is 1.58 bits per heavy atom. The van der Waals surface area contributed by atoms with E-state index in [1.165, 1.54) is 0 Å². The lowest BCUT2D eigenvalue weighted by molar-refractivity contribution is -0.152. The number of aryl methyl sites for hydroxylation is 1. The fraction of sp³-hybridized carbons (Fsp3) is 0.320. The van der Waals surface area contributed by atoms with Crippen molar-refractivity contribution in [2.75, 3.05) is 0 Å². The number of nitrogens with one attached hydrogen (secondary N) is 2. The number of nitrogen functional groups attached to an aromatic ring is 1. The van der Waals surface area contributed by atoms with Gasteiger partial charge in [0.25, 0.3) is 5.91 Å². The van der Waals surface area contributed by atoms with Crippen molar-refractivity contribution in [2.24, 2.45) is 11.6 Å². The quantitative estimate of drug-likeness (QED) is 0.0555. The number of carbonyl (C=O) groups excluding carboxylic acids is 2. The Kier molecular flexibility index (Phi) is 10.6. The predicted molar refractivity (Wildman–Crippen MR) is 132 cm³/mol. The number of nitrogens with two attached hydrogens (primary N) is 2. The van der Waals surface area contributed by atoms with Crippen LogP contribution >= 0.6 is 0 Å². The van der Waals surface area contributed by atoms with Crippen molar-refractivity contribution in [3.63, 3.8) is 0 Å². The molecule has 0 heterocycles. The van der Waals surface area contributed by atoms with Crippen molar-refractivity contribution < 1.29 is 29.4 Å². The number of hydrogen-bond acceptors (Lipinski definition) is 6. The molecule has 0 fully saturated rings. The number of carboxylic acid groups (broad SMARTS) is 2. The molecule has 2 aromatic rings. The Balaban J connectivity index is 1.94. The zero-order valence-corrected chi connectivity index (χ0v) is 19.7. The van der Waals surface area contributed by atoms with Crippen molar-refractivity contribution >= 4 is 29.6 Å². The van der Waals surface area contributed by atoms with E-state index >= 15 is 0 Å². The molecule has 2 aromatic carbocycles. The van der Waals surface area contributed by atoms with E-state index in [1.54, 1.807) is 42.5 Å². The van der Waals surface area contributed by atoms with Crippen molar-refractivity contribution in [1.29, 1.82) is 5.41 Å². The molecule has 0 saturated carbocycles. The number of unbranched alkanes of at least 4 members (excludes halogenated alkanes) is 1. The predicted octanol–water partition coefficient (Wildman–Crippen LogP) is 1.04. The molecule has 11 nitrogen and oxygen atoms in total. The average molecular weight is 498 g/mol. The van der Waals surface area contributed by atoms with E-state index in [0.717, 1.165) is 5.56 Å². The number of carboxylic acids is 2. The van der Waals surface area contributed by atoms with Crippen molar-refractivity contribution in [1.82, 2.24) is 10.3 Å². The molecule has 0 aromatic heterocycles. The van der Waals surface area contributed by atoms with E-state index in [1.807, 2.05) is 12.1 Å². The number of benzene rings is 2. The fourth-order valence-corrected chi connectivity index (χ4v) is 3.58. The Morgan fingerprint density at radius 3 is 2.14 bits per heavy atom. The van der Waals surface area contributed by atoms with Crippen LogP contribution in [0.2, 0.25) is 0 Å². The van der Waals surface area contributed by atoms with Gasteiger partial charge in [0.15, 0.2) is 0 Å². The normalized spacial score (nSPS) is 12.2. The van der Waals surface area contributed by atoms with Crippen LogP contribution in [0.1, 0.15) is 42.4 Å². The van der Waals surface area contributed by atoms with Crippen LogP contribution in [0.15, 0.2) is 54.6 Å². The topological polar surface area (TPSA) is 200 Å². The maximum absolute atomic E-state index is 12.9. The highest BCUT2D eigenvalue weighted by molar-refractivity contribution is 5.95. The number of hydrazine groups is 1. The third-order valence-corrected chi connectivity index (χ3v) is 5.54. The minimum atomic E-state index is -1.50. The Labute approximate surface area is 208 Å². The van der Waals surface area contributed by atoms with E-state index in [-0.39, 0.29) is 18.7 Å². The molecule has 0 aliphatic carbocycles. The zero-order valence-electron chi connectivity index (χ0n) is 19.7. The van der Waals surface area contributed by atoms with Gasteiger partial charge < -0.3 is 21.3 Å². The Bertz CT molecular complexity index is 1070. The van der Waals surface area contributed by atoms with E-state index < -0.39 is 42.3 Å². The molecule has 11 heteroatoms. The number of amidine groups is 1. The molecular formula is C25H31N5O6. The zero-order chi connectivity index (χ0) is 26.7. The molecule has 0 aliphatic rings. The van der Waals surface area contributed by atoms with Crippen LogP contribution in [-0.2, 0) is 32.0 Å². The van der Waals surface area contributed by atoms with E-state index in [4.69, 9.17) is 17.0 Å². The lowest BCUT2D eigenvalue weighted by Gasteiger charge is -2.28. The van der Waals surface area contributed by atoms with E-state index in [0.29, 0.717) is 35.4 Å². The summed E-state index contributed by atoms with van der Waals surface area (Å²) in [4.78, 5) is 48.4. The second kappa shape index (κ2) is 13.6. The maximum atomic E-state index is 12.9. The van der Waals surface area contributed by atoms with Gasteiger partial charge in [-0.15, -0.1) is 0 Å². The average Bonchev–Trinajstić information content (AvgIpc) is 2.84. The highest BCUT2D eigenvalue weighted by Crippen LogP contribution is 2.11. The maximum Gasteiger partial charge on any atom is 0.328 e. The summed E-state index contributed by atoms with van der Waals surface area (Å²) in [5, 5.41) is 29.1. The molecule has 0 aliphatic heterocycles. The lowest BCUT2D eigenvalue weighted by atomic mass is 10.0. The fourth-order valence-electron chi connectivity index (χ4n) is 3.58. The van der Waals surface area contributed by atoms with Gasteiger partial charge in [-0.3, -0.25) is 24.8 Å².